The highest BCUT2D eigenvalue weighted by Crippen LogP contribution is 2.10. The lowest BCUT2D eigenvalue weighted by molar-refractivity contribution is -0.121. The maximum absolute atomic E-state index is 11.8. The molecule has 6 nitrogen and oxygen atoms in total. The first-order valence-corrected chi connectivity index (χ1v) is 9.05. The summed E-state index contributed by atoms with van der Waals surface area (Å²) in [6.45, 7) is 0. The lowest BCUT2D eigenvalue weighted by Gasteiger charge is -2.07. The molecule has 2 rings (SSSR count). The van der Waals surface area contributed by atoms with Crippen molar-refractivity contribution < 1.29 is 18.0 Å². The second-order valence-corrected chi connectivity index (χ2v) is 7.60. The number of benzene rings is 1. The number of carbonyl (C=O) groups excluding carboxylic acids is 2. The van der Waals surface area contributed by atoms with Gasteiger partial charge in [0.1, 0.15) is 0 Å². The first-order valence-electron chi connectivity index (χ1n) is 6.28. The Kier molecular flexibility index (Phi) is 4.94. The van der Waals surface area contributed by atoms with Gasteiger partial charge in [0.05, 0.1) is 11.3 Å². The highest BCUT2D eigenvalue weighted by atomic mass is 32.2. The molecule has 0 atom stereocenters. The fourth-order valence-corrected chi connectivity index (χ4v) is 3.00. The van der Waals surface area contributed by atoms with Crippen molar-refractivity contribution in [1.29, 1.82) is 0 Å². The van der Waals surface area contributed by atoms with E-state index in [-0.39, 0.29) is 22.8 Å². The molecule has 0 fully saturated rings. The standard InChI is InChI=1S/C14H14N2O4S2/c1-22(19,20)12-6-4-10(5-7-12)14(18)16-15-13(17)9-11-3-2-8-21-11/h2-8H,9H2,1H3,(H,15,17)(H,16,18). The van der Waals surface area contributed by atoms with Gasteiger partial charge in [-0.2, -0.15) is 0 Å². The van der Waals surface area contributed by atoms with Gasteiger partial charge >= 0.3 is 0 Å². The number of nitrogens with one attached hydrogen (secondary N) is 2. The van der Waals surface area contributed by atoms with Crippen molar-refractivity contribution in [2.24, 2.45) is 0 Å². The van der Waals surface area contributed by atoms with E-state index in [9.17, 15) is 18.0 Å². The first-order chi connectivity index (χ1) is 10.4. The molecule has 0 spiro atoms. The number of amides is 2. The smallest absolute Gasteiger partial charge is 0.269 e. The lowest BCUT2D eigenvalue weighted by Crippen LogP contribution is -2.42. The third-order valence-corrected chi connectivity index (χ3v) is 4.78. The Hall–Kier alpha value is -2.19. The van der Waals surface area contributed by atoms with E-state index in [1.165, 1.54) is 35.6 Å². The Morgan fingerprint density at radius 1 is 1.09 bits per heavy atom. The molecule has 1 aromatic carbocycles. The van der Waals surface area contributed by atoms with Crippen LogP contribution >= 0.6 is 11.3 Å². The summed E-state index contributed by atoms with van der Waals surface area (Å²) in [5.74, 6) is -0.844. The summed E-state index contributed by atoms with van der Waals surface area (Å²) in [4.78, 5) is 24.5. The van der Waals surface area contributed by atoms with Crippen LogP contribution in [0.3, 0.4) is 0 Å². The van der Waals surface area contributed by atoms with E-state index in [1.54, 1.807) is 0 Å². The molecule has 0 unspecified atom stereocenters. The van der Waals surface area contributed by atoms with Crippen molar-refractivity contribution in [3.8, 4) is 0 Å². The monoisotopic (exact) mass is 338 g/mol. The summed E-state index contributed by atoms with van der Waals surface area (Å²) < 4.78 is 22.6. The Morgan fingerprint density at radius 3 is 2.32 bits per heavy atom. The molecule has 1 heterocycles. The molecule has 0 aliphatic heterocycles. The largest absolute Gasteiger partial charge is 0.273 e. The molecule has 1 aromatic heterocycles. The van der Waals surface area contributed by atoms with Crippen molar-refractivity contribution in [1.82, 2.24) is 10.9 Å². The van der Waals surface area contributed by atoms with E-state index in [2.05, 4.69) is 10.9 Å². The van der Waals surface area contributed by atoms with Gasteiger partial charge in [-0.15, -0.1) is 11.3 Å². The van der Waals surface area contributed by atoms with Crippen LogP contribution in [0.4, 0.5) is 0 Å². The highest BCUT2D eigenvalue weighted by Gasteiger charge is 2.11. The van der Waals surface area contributed by atoms with Crippen molar-refractivity contribution in [3.63, 3.8) is 0 Å². The average molecular weight is 338 g/mol. The second kappa shape index (κ2) is 6.71. The average Bonchev–Trinajstić information content (AvgIpc) is 2.97. The van der Waals surface area contributed by atoms with Crippen LogP contribution in [0.1, 0.15) is 15.2 Å². The zero-order valence-corrected chi connectivity index (χ0v) is 13.3. The van der Waals surface area contributed by atoms with E-state index in [4.69, 9.17) is 0 Å². The minimum atomic E-state index is -3.30. The molecular weight excluding hydrogens is 324 g/mol. The van der Waals surface area contributed by atoms with Crippen LogP contribution in [0.5, 0.6) is 0 Å². The number of hydrazine groups is 1. The fraction of sp³-hybridized carbons (Fsp3) is 0.143. The predicted molar refractivity (Wildman–Crippen MR) is 83.2 cm³/mol. The Labute approximate surface area is 132 Å². The molecule has 22 heavy (non-hydrogen) atoms. The van der Waals surface area contributed by atoms with E-state index in [1.807, 2.05) is 17.5 Å². The first kappa shape index (κ1) is 16.2. The quantitative estimate of drug-likeness (QED) is 0.818. The molecule has 0 aliphatic rings. The molecule has 0 bridgehead atoms. The van der Waals surface area contributed by atoms with Crippen LogP contribution in [0.15, 0.2) is 46.7 Å². The highest BCUT2D eigenvalue weighted by molar-refractivity contribution is 7.90. The van der Waals surface area contributed by atoms with E-state index >= 15 is 0 Å². The van der Waals surface area contributed by atoms with Crippen LogP contribution < -0.4 is 10.9 Å². The van der Waals surface area contributed by atoms with Gasteiger partial charge in [0.15, 0.2) is 9.84 Å². The van der Waals surface area contributed by atoms with Gasteiger partial charge in [0.2, 0.25) is 5.91 Å². The molecular formula is C14H14N2O4S2. The van der Waals surface area contributed by atoms with Gasteiger partial charge in [0.25, 0.3) is 5.91 Å². The molecule has 0 radical (unpaired) electrons. The Bertz CT molecular complexity index is 766. The Balaban J connectivity index is 1.91. The molecule has 2 N–H and O–H groups in total. The second-order valence-electron chi connectivity index (χ2n) is 4.55. The molecule has 8 heteroatoms. The van der Waals surface area contributed by atoms with Crippen LogP contribution in [-0.4, -0.2) is 26.5 Å². The topological polar surface area (TPSA) is 92.3 Å². The van der Waals surface area contributed by atoms with Gasteiger partial charge in [-0.25, -0.2) is 8.42 Å². The summed E-state index contributed by atoms with van der Waals surface area (Å²) in [5, 5.41) is 1.87. The third-order valence-electron chi connectivity index (χ3n) is 2.77. The summed E-state index contributed by atoms with van der Waals surface area (Å²) in [7, 11) is -3.30. The summed E-state index contributed by atoms with van der Waals surface area (Å²) in [5.41, 5.74) is 4.85. The zero-order chi connectivity index (χ0) is 16.2. The van der Waals surface area contributed by atoms with Gasteiger partial charge in [-0.1, -0.05) is 6.07 Å². The van der Waals surface area contributed by atoms with E-state index in [0.717, 1.165) is 11.1 Å². The van der Waals surface area contributed by atoms with Gasteiger partial charge in [0, 0.05) is 16.7 Å². The summed E-state index contributed by atoms with van der Waals surface area (Å²) >= 11 is 1.46. The SMILES string of the molecule is CS(=O)(=O)c1ccc(C(=O)NNC(=O)Cc2cccs2)cc1. The maximum Gasteiger partial charge on any atom is 0.269 e. The van der Waals surface area contributed by atoms with Gasteiger partial charge in [-0.3, -0.25) is 20.4 Å². The molecule has 2 amide bonds. The minimum Gasteiger partial charge on any atom is -0.273 e. The molecule has 2 aromatic rings. The van der Waals surface area contributed by atoms with Crippen LogP contribution in [-0.2, 0) is 21.1 Å². The minimum absolute atomic E-state index is 0.130. The van der Waals surface area contributed by atoms with Crippen LogP contribution in [0.2, 0.25) is 0 Å². The molecule has 0 saturated carbocycles. The molecule has 0 saturated heterocycles. The van der Waals surface area contributed by atoms with Crippen molar-refractivity contribution in [2.45, 2.75) is 11.3 Å². The number of hydrogen-bond acceptors (Lipinski definition) is 5. The number of hydrogen-bond donors (Lipinski definition) is 2. The van der Waals surface area contributed by atoms with E-state index < -0.39 is 15.7 Å². The fourth-order valence-electron chi connectivity index (χ4n) is 1.67. The van der Waals surface area contributed by atoms with Gasteiger partial charge < -0.3 is 0 Å². The normalized spacial score (nSPS) is 11.0. The van der Waals surface area contributed by atoms with Crippen molar-refractivity contribution in [3.05, 3.63) is 52.2 Å². The summed E-state index contributed by atoms with van der Waals surface area (Å²) in [6, 6.07) is 9.13. The van der Waals surface area contributed by atoms with Crippen LogP contribution in [0.25, 0.3) is 0 Å². The molecule has 116 valence electrons. The maximum atomic E-state index is 11.8. The number of sulfone groups is 1. The van der Waals surface area contributed by atoms with Gasteiger partial charge in [-0.05, 0) is 35.7 Å². The predicted octanol–water partition coefficient (Wildman–Crippen LogP) is 1.16. The Morgan fingerprint density at radius 2 is 1.77 bits per heavy atom. The van der Waals surface area contributed by atoms with Crippen LogP contribution in [0, 0.1) is 0 Å². The van der Waals surface area contributed by atoms with Crippen molar-refractivity contribution >= 4 is 33.0 Å². The number of carbonyl (C=O) groups is 2. The zero-order valence-electron chi connectivity index (χ0n) is 11.7. The lowest BCUT2D eigenvalue weighted by atomic mass is 10.2. The number of thiophene rings is 1. The molecule has 0 aliphatic carbocycles. The van der Waals surface area contributed by atoms with E-state index in [0.29, 0.717) is 0 Å². The summed E-state index contributed by atoms with van der Waals surface area (Å²) in [6.07, 6.45) is 1.28. The number of rotatable bonds is 4. The third kappa shape index (κ3) is 4.40. The van der Waals surface area contributed by atoms with Crippen molar-refractivity contribution in [2.75, 3.05) is 6.26 Å².